The van der Waals surface area contributed by atoms with Crippen LogP contribution in [0.3, 0.4) is 0 Å². The Hall–Kier alpha value is -0.530. The van der Waals surface area contributed by atoms with Crippen LogP contribution < -0.4 is 15.1 Å². The molecule has 1 saturated heterocycles. The highest BCUT2D eigenvalue weighted by molar-refractivity contribution is 8.03. The van der Waals surface area contributed by atoms with Gasteiger partial charge < -0.3 is 4.74 Å². The molecule has 5 nitrogen and oxygen atoms in total. The van der Waals surface area contributed by atoms with Crippen LogP contribution in [0, 0.1) is 5.92 Å². The van der Waals surface area contributed by atoms with Gasteiger partial charge in [-0.2, -0.15) is 9.84 Å². The standard InChI is InChI=1S/C14H18Cl3N3O2S/c1-9(2)8-12-18-20(23-14(15,16)17)13(21)19(12)10-4-6-11(22-3)7-5-10/h4-7,9,12,18H,8H2,1-3H3. The Labute approximate surface area is 155 Å². The molecule has 0 spiro atoms. The van der Waals surface area contributed by atoms with Crippen molar-refractivity contribution < 1.29 is 9.53 Å². The number of ether oxygens (including phenoxy) is 1. The van der Waals surface area contributed by atoms with E-state index in [1.54, 1.807) is 24.1 Å². The van der Waals surface area contributed by atoms with Crippen molar-refractivity contribution in [2.24, 2.45) is 5.92 Å². The molecule has 0 aromatic heterocycles. The summed E-state index contributed by atoms with van der Waals surface area (Å²) >= 11 is 18.2. The topological polar surface area (TPSA) is 44.8 Å². The monoisotopic (exact) mass is 397 g/mol. The van der Waals surface area contributed by atoms with E-state index in [0.717, 1.165) is 29.8 Å². The van der Waals surface area contributed by atoms with Gasteiger partial charge in [0, 0.05) is 17.6 Å². The molecule has 1 aliphatic heterocycles. The maximum Gasteiger partial charge on any atom is 0.350 e. The lowest BCUT2D eigenvalue weighted by atomic mass is 10.1. The third-order valence-electron chi connectivity index (χ3n) is 3.20. The highest BCUT2D eigenvalue weighted by atomic mass is 35.6. The van der Waals surface area contributed by atoms with Crippen molar-refractivity contribution in [2.75, 3.05) is 12.0 Å². The van der Waals surface area contributed by atoms with Crippen molar-refractivity contribution in [2.45, 2.75) is 29.6 Å². The number of amides is 2. The molecule has 1 atom stereocenters. The predicted molar refractivity (Wildman–Crippen MR) is 97.0 cm³/mol. The van der Waals surface area contributed by atoms with Crippen LogP contribution in [0.15, 0.2) is 24.3 Å². The van der Waals surface area contributed by atoms with Crippen molar-refractivity contribution in [3.8, 4) is 5.75 Å². The summed E-state index contributed by atoms with van der Waals surface area (Å²) in [6.07, 6.45) is 0.546. The Morgan fingerprint density at radius 1 is 1.30 bits per heavy atom. The fraction of sp³-hybridized carbons (Fsp3) is 0.500. The molecule has 23 heavy (non-hydrogen) atoms. The minimum atomic E-state index is -1.62. The van der Waals surface area contributed by atoms with Gasteiger partial charge in [-0.25, -0.2) is 4.79 Å². The summed E-state index contributed by atoms with van der Waals surface area (Å²) in [7, 11) is 1.60. The van der Waals surface area contributed by atoms with E-state index in [1.165, 1.54) is 4.41 Å². The summed E-state index contributed by atoms with van der Waals surface area (Å²) in [6.45, 7) is 4.17. The lowest BCUT2D eigenvalue weighted by Crippen LogP contribution is -2.38. The summed E-state index contributed by atoms with van der Waals surface area (Å²) in [6, 6.07) is 6.99. The number of nitrogens with one attached hydrogen (secondary N) is 1. The summed E-state index contributed by atoms with van der Waals surface area (Å²) in [5.41, 5.74) is 3.85. The molecule has 128 valence electrons. The Bertz CT molecular complexity index is 551. The van der Waals surface area contributed by atoms with Crippen molar-refractivity contribution in [3.63, 3.8) is 0 Å². The number of hydrogen-bond donors (Lipinski definition) is 1. The summed E-state index contributed by atoms with van der Waals surface area (Å²) < 4.78 is 4.80. The number of nitrogens with zero attached hydrogens (tertiary/aromatic N) is 2. The van der Waals surface area contributed by atoms with Crippen molar-refractivity contribution in [1.82, 2.24) is 9.84 Å². The average molecular weight is 399 g/mol. The maximum absolute atomic E-state index is 12.7. The van der Waals surface area contributed by atoms with Gasteiger partial charge in [0.15, 0.2) is 0 Å². The van der Waals surface area contributed by atoms with E-state index in [0.29, 0.717) is 5.92 Å². The van der Waals surface area contributed by atoms with Crippen molar-refractivity contribution >= 4 is 58.5 Å². The molecule has 1 aromatic rings. The lowest BCUT2D eigenvalue weighted by Gasteiger charge is -2.23. The number of methoxy groups -OCH3 is 1. The fourth-order valence-corrected chi connectivity index (χ4v) is 3.45. The number of urea groups is 1. The van der Waals surface area contributed by atoms with Crippen molar-refractivity contribution in [1.29, 1.82) is 0 Å². The number of carbonyl (C=O) groups excluding carboxylic acids is 1. The average Bonchev–Trinajstić information content (AvgIpc) is 2.72. The van der Waals surface area contributed by atoms with Crippen LogP contribution >= 0.6 is 46.8 Å². The van der Waals surface area contributed by atoms with Crippen LogP contribution in [0.4, 0.5) is 10.5 Å². The smallest absolute Gasteiger partial charge is 0.350 e. The van der Waals surface area contributed by atoms with Gasteiger partial charge in [0.05, 0.1) is 7.11 Å². The third kappa shape index (κ3) is 4.97. The molecule has 1 heterocycles. The fourth-order valence-electron chi connectivity index (χ4n) is 2.29. The highest BCUT2D eigenvalue weighted by Gasteiger charge is 2.42. The Balaban J connectivity index is 2.26. The van der Waals surface area contributed by atoms with Crippen LogP contribution in [0.1, 0.15) is 20.3 Å². The number of hydrazine groups is 1. The minimum absolute atomic E-state index is 0.212. The van der Waals surface area contributed by atoms with Gasteiger partial charge in [-0.05, 0) is 36.6 Å². The number of alkyl halides is 3. The number of anilines is 1. The number of halogens is 3. The molecular weight excluding hydrogens is 381 g/mol. The van der Waals surface area contributed by atoms with Crippen LogP contribution in [-0.4, -0.2) is 26.8 Å². The van der Waals surface area contributed by atoms with Gasteiger partial charge in [-0.15, -0.1) is 0 Å². The van der Waals surface area contributed by atoms with E-state index in [-0.39, 0.29) is 12.2 Å². The molecule has 2 rings (SSSR count). The molecule has 1 aliphatic rings. The van der Waals surface area contributed by atoms with E-state index in [2.05, 4.69) is 19.3 Å². The van der Waals surface area contributed by atoms with E-state index >= 15 is 0 Å². The SMILES string of the molecule is COc1ccc(N2C(=O)N(SC(Cl)(Cl)Cl)NC2CC(C)C)cc1. The van der Waals surface area contributed by atoms with Gasteiger partial charge in [-0.1, -0.05) is 48.7 Å². The zero-order chi connectivity index (χ0) is 17.2. The Morgan fingerprint density at radius 3 is 2.39 bits per heavy atom. The molecule has 1 unspecified atom stereocenters. The molecule has 1 N–H and O–H groups in total. The first-order chi connectivity index (χ1) is 10.7. The minimum Gasteiger partial charge on any atom is -0.497 e. The quantitative estimate of drug-likeness (QED) is 0.572. The van der Waals surface area contributed by atoms with Gasteiger partial charge >= 0.3 is 6.03 Å². The second kappa shape index (κ2) is 7.57. The Morgan fingerprint density at radius 2 is 1.91 bits per heavy atom. The molecule has 0 saturated carbocycles. The third-order valence-corrected chi connectivity index (χ3v) is 4.47. The van der Waals surface area contributed by atoms with Crippen LogP contribution in [0.5, 0.6) is 5.75 Å². The first-order valence-electron chi connectivity index (χ1n) is 7.00. The normalized spacial score (nSPS) is 18.9. The molecule has 0 radical (unpaired) electrons. The molecule has 9 heteroatoms. The van der Waals surface area contributed by atoms with Crippen LogP contribution in [-0.2, 0) is 0 Å². The van der Waals surface area contributed by atoms with Gasteiger partial charge in [0.25, 0.3) is 3.12 Å². The first-order valence-corrected chi connectivity index (χ1v) is 8.91. The molecule has 0 aliphatic carbocycles. The number of benzene rings is 1. The van der Waals surface area contributed by atoms with E-state index in [9.17, 15) is 4.79 Å². The second-order valence-corrected chi connectivity index (χ2v) is 9.57. The lowest BCUT2D eigenvalue weighted by molar-refractivity contribution is 0.236. The number of hydrogen-bond acceptors (Lipinski definition) is 4. The summed E-state index contributed by atoms with van der Waals surface area (Å²) in [5, 5.41) is 0. The number of rotatable bonds is 5. The molecular formula is C14H18Cl3N3O2S. The second-order valence-electron chi connectivity index (χ2n) is 5.46. The zero-order valence-corrected chi connectivity index (χ0v) is 16.0. The molecule has 1 aromatic carbocycles. The van der Waals surface area contributed by atoms with E-state index < -0.39 is 3.12 Å². The summed E-state index contributed by atoms with van der Waals surface area (Å²) in [4.78, 5) is 14.3. The van der Waals surface area contributed by atoms with Gasteiger partial charge in [0.2, 0.25) is 0 Å². The van der Waals surface area contributed by atoms with E-state index in [1.807, 2.05) is 12.1 Å². The van der Waals surface area contributed by atoms with Gasteiger partial charge in [0.1, 0.15) is 11.9 Å². The predicted octanol–water partition coefficient (Wildman–Crippen LogP) is 4.79. The van der Waals surface area contributed by atoms with Crippen LogP contribution in [0.2, 0.25) is 0 Å². The zero-order valence-electron chi connectivity index (χ0n) is 12.9. The van der Waals surface area contributed by atoms with Crippen molar-refractivity contribution in [3.05, 3.63) is 24.3 Å². The van der Waals surface area contributed by atoms with E-state index in [4.69, 9.17) is 39.5 Å². The van der Waals surface area contributed by atoms with Gasteiger partial charge in [-0.3, -0.25) is 4.90 Å². The summed E-state index contributed by atoms with van der Waals surface area (Å²) in [5.74, 6) is 1.11. The van der Waals surface area contributed by atoms with Crippen LogP contribution in [0.25, 0.3) is 0 Å². The first kappa shape index (κ1) is 18.8. The Kier molecular flexibility index (Phi) is 6.19. The highest BCUT2D eigenvalue weighted by Crippen LogP contribution is 2.42. The molecule has 2 amide bonds. The molecule has 1 fully saturated rings. The number of carbonyl (C=O) groups is 1. The molecule has 0 bridgehead atoms. The maximum atomic E-state index is 12.7. The largest absolute Gasteiger partial charge is 0.497 e.